The number of nitrogens with zero attached hydrogens (tertiary/aromatic N) is 1. The zero-order valence-electron chi connectivity index (χ0n) is 18.4. The second kappa shape index (κ2) is 10.8. The van der Waals surface area contributed by atoms with E-state index in [-0.39, 0.29) is 17.9 Å². The minimum Gasteiger partial charge on any atom is -0.352 e. The van der Waals surface area contributed by atoms with Gasteiger partial charge in [0.15, 0.2) is 0 Å². The third-order valence-corrected chi connectivity index (χ3v) is 5.26. The van der Waals surface area contributed by atoms with Gasteiger partial charge in [-0.2, -0.15) is 0 Å². The summed E-state index contributed by atoms with van der Waals surface area (Å²) < 4.78 is 0. The minimum absolute atomic E-state index is 0.000716. The van der Waals surface area contributed by atoms with E-state index in [9.17, 15) is 9.59 Å². The highest BCUT2D eigenvalue weighted by Gasteiger charge is 2.26. The highest BCUT2D eigenvalue weighted by Crippen LogP contribution is 2.16. The largest absolute Gasteiger partial charge is 0.352 e. The lowest BCUT2D eigenvalue weighted by Crippen LogP contribution is -2.49. The molecule has 2 aromatic carbocycles. The van der Waals surface area contributed by atoms with Gasteiger partial charge in [-0.05, 0) is 62.8 Å². The van der Waals surface area contributed by atoms with Crippen molar-refractivity contribution >= 4 is 11.8 Å². The Morgan fingerprint density at radius 1 is 0.966 bits per heavy atom. The second-order valence-electron chi connectivity index (χ2n) is 7.96. The van der Waals surface area contributed by atoms with Gasteiger partial charge in [0, 0.05) is 19.0 Å². The van der Waals surface area contributed by atoms with Crippen molar-refractivity contribution in [1.82, 2.24) is 10.2 Å². The van der Waals surface area contributed by atoms with Crippen LogP contribution in [0.4, 0.5) is 0 Å². The quantitative estimate of drug-likeness (QED) is 0.684. The second-order valence-corrected chi connectivity index (χ2v) is 7.96. The monoisotopic (exact) mass is 394 g/mol. The molecule has 0 fully saturated rings. The maximum absolute atomic E-state index is 13.1. The molecule has 0 spiro atoms. The maximum atomic E-state index is 13.1. The van der Waals surface area contributed by atoms with Gasteiger partial charge in [0.1, 0.15) is 6.04 Å². The number of nitrogens with one attached hydrogen (secondary N) is 1. The lowest BCUT2D eigenvalue weighted by Gasteiger charge is -2.30. The van der Waals surface area contributed by atoms with Gasteiger partial charge in [0.05, 0.1) is 0 Å². The van der Waals surface area contributed by atoms with E-state index in [1.807, 2.05) is 52.0 Å². The highest BCUT2D eigenvalue weighted by molar-refractivity contribution is 5.87. The molecule has 2 amide bonds. The number of carbonyl (C=O) groups excluding carboxylic acids is 2. The molecule has 4 nitrogen and oxygen atoms in total. The van der Waals surface area contributed by atoms with E-state index in [1.54, 1.807) is 4.90 Å². The Morgan fingerprint density at radius 3 is 2.17 bits per heavy atom. The summed E-state index contributed by atoms with van der Waals surface area (Å²) in [6, 6.07) is 15.9. The van der Waals surface area contributed by atoms with Gasteiger partial charge < -0.3 is 10.2 Å². The molecular weight excluding hydrogens is 360 g/mol. The van der Waals surface area contributed by atoms with Crippen LogP contribution in [0.3, 0.4) is 0 Å². The molecule has 0 aliphatic rings. The number of rotatable bonds is 9. The van der Waals surface area contributed by atoms with E-state index in [0.29, 0.717) is 19.4 Å². The van der Waals surface area contributed by atoms with Gasteiger partial charge in [-0.15, -0.1) is 0 Å². The molecule has 0 heterocycles. The van der Waals surface area contributed by atoms with Crippen molar-refractivity contribution in [3.05, 3.63) is 70.8 Å². The van der Waals surface area contributed by atoms with Crippen molar-refractivity contribution in [2.45, 2.75) is 72.5 Å². The first-order chi connectivity index (χ1) is 13.8. The molecule has 0 aromatic heterocycles. The highest BCUT2D eigenvalue weighted by atomic mass is 16.2. The van der Waals surface area contributed by atoms with Crippen molar-refractivity contribution in [3.63, 3.8) is 0 Å². The summed E-state index contributed by atoms with van der Waals surface area (Å²) >= 11 is 0. The van der Waals surface area contributed by atoms with Crippen molar-refractivity contribution in [3.8, 4) is 0 Å². The fraction of sp³-hybridized carbons (Fsp3) is 0.440. The van der Waals surface area contributed by atoms with Crippen LogP contribution < -0.4 is 5.32 Å². The van der Waals surface area contributed by atoms with E-state index >= 15 is 0 Å². The van der Waals surface area contributed by atoms with Crippen molar-refractivity contribution in [2.75, 3.05) is 0 Å². The summed E-state index contributed by atoms with van der Waals surface area (Å²) in [7, 11) is 0. The van der Waals surface area contributed by atoms with Crippen LogP contribution in [0.5, 0.6) is 0 Å². The zero-order valence-corrected chi connectivity index (χ0v) is 18.4. The number of aryl methyl sites for hydroxylation is 3. The van der Waals surface area contributed by atoms with Crippen LogP contribution in [0.2, 0.25) is 0 Å². The standard InChI is InChI=1S/C25H34N2O2/c1-6-21-11-13-22(14-12-21)15-16-24(28)27(20(5)25(29)26-18(2)3)17-23-10-8-7-9-19(23)4/h7-14,18,20H,6,15-17H2,1-5H3,(H,26,29)/t20-/m0/s1. The third kappa shape index (κ3) is 6.74. The van der Waals surface area contributed by atoms with Gasteiger partial charge in [-0.25, -0.2) is 0 Å². The van der Waals surface area contributed by atoms with Crippen LogP contribution in [0, 0.1) is 6.92 Å². The molecule has 0 radical (unpaired) electrons. The molecule has 0 saturated carbocycles. The fourth-order valence-corrected chi connectivity index (χ4v) is 3.30. The number of hydrogen-bond donors (Lipinski definition) is 1. The summed E-state index contributed by atoms with van der Waals surface area (Å²) in [4.78, 5) is 27.5. The Balaban J connectivity index is 2.14. The molecule has 4 heteroatoms. The van der Waals surface area contributed by atoms with Crippen molar-refractivity contribution in [1.29, 1.82) is 0 Å². The van der Waals surface area contributed by atoms with Crippen LogP contribution in [0.25, 0.3) is 0 Å². The molecule has 0 aliphatic heterocycles. The predicted octanol–water partition coefficient (Wildman–Crippen LogP) is 4.43. The topological polar surface area (TPSA) is 49.4 Å². The summed E-state index contributed by atoms with van der Waals surface area (Å²) in [5.41, 5.74) is 4.63. The van der Waals surface area contributed by atoms with Crippen molar-refractivity contribution in [2.24, 2.45) is 0 Å². The van der Waals surface area contributed by atoms with Gasteiger partial charge in [0.25, 0.3) is 0 Å². The Hall–Kier alpha value is -2.62. The maximum Gasteiger partial charge on any atom is 0.242 e. The molecule has 1 atom stereocenters. The SMILES string of the molecule is CCc1ccc(CCC(=O)N(Cc2ccccc2C)[C@@H](C)C(=O)NC(C)C)cc1. The molecule has 0 saturated heterocycles. The first kappa shape index (κ1) is 22.7. The Morgan fingerprint density at radius 2 is 1.59 bits per heavy atom. The number of benzene rings is 2. The predicted molar refractivity (Wildman–Crippen MR) is 119 cm³/mol. The van der Waals surface area contributed by atoms with E-state index in [2.05, 4.69) is 36.5 Å². The van der Waals surface area contributed by atoms with Crippen molar-refractivity contribution < 1.29 is 9.59 Å². The summed E-state index contributed by atoms with van der Waals surface area (Å²) in [6.45, 7) is 10.3. The van der Waals surface area contributed by atoms with E-state index in [1.165, 1.54) is 5.56 Å². The summed E-state index contributed by atoms with van der Waals surface area (Å²) in [5, 5.41) is 2.93. The normalized spacial score (nSPS) is 11.9. The molecule has 2 rings (SSSR count). The molecular formula is C25H34N2O2. The van der Waals surface area contributed by atoms with Crippen LogP contribution in [0.1, 0.15) is 56.4 Å². The van der Waals surface area contributed by atoms with Gasteiger partial charge in [-0.3, -0.25) is 9.59 Å². The zero-order chi connectivity index (χ0) is 21.4. The van der Waals surface area contributed by atoms with Crippen LogP contribution >= 0.6 is 0 Å². The molecule has 29 heavy (non-hydrogen) atoms. The first-order valence-corrected chi connectivity index (χ1v) is 10.5. The smallest absolute Gasteiger partial charge is 0.242 e. The van der Waals surface area contributed by atoms with E-state index in [0.717, 1.165) is 23.1 Å². The third-order valence-electron chi connectivity index (χ3n) is 5.26. The van der Waals surface area contributed by atoms with Gasteiger partial charge >= 0.3 is 0 Å². The molecule has 156 valence electrons. The van der Waals surface area contributed by atoms with E-state index in [4.69, 9.17) is 0 Å². The average molecular weight is 395 g/mol. The van der Waals surface area contributed by atoms with Crippen LogP contribution in [-0.2, 0) is 29.0 Å². The Kier molecular flexibility index (Phi) is 8.44. The Labute approximate surface area is 175 Å². The lowest BCUT2D eigenvalue weighted by molar-refractivity contribution is -0.140. The first-order valence-electron chi connectivity index (χ1n) is 10.5. The lowest BCUT2D eigenvalue weighted by atomic mass is 10.0. The minimum atomic E-state index is -0.521. The number of hydrogen-bond acceptors (Lipinski definition) is 2. The molecule has 0 unspecified atom stereocenters. The molecule has 0 aliphatic carbocycles. The summed E-state index contributed by atoms with van der Waals surface area (Å²) in [5.74, 6) is -0.117. The van der Waals surface area contributed by atoms with Crippen LogP contribution in [-0.4, -0.2) is 28.8 Å². The Bertz CT molecular complexity index is 812. The number of carbonyl (C=O) groups is 2. The summed E-state index contributed by atoms with van der Waals surface area (Å²) in [6.07, 6.45) is 2.06. The fourth-order valence-electron chi connectivity index (χ4n) is 3.30. The molecule has 1 N–H and O–H groups in total. The average Bonchev–Trinajstić information content (AvgIpc) is 2.70. The molecule has 2 aromatic rings. The van der Waals surface area contributed by atoms with Gasteiger partial charge in [-0.1, -0.05) is 55.5 Å². The number of amides is 2. The van der Waals surface area contributed by atoms with Gasteiger partial charge in [0.2, 0.25) is 11.8 Å². The van der Waals surface area contributed by atoms with Crippen LogP contribution in [0.15, 0.2) is 48.5 Å². The molecule has 0 bridgehead atoms. The van der Waals surface area contributed by atoms with E-state index < -0.39 is 6.04 Å².